The molecule has 0 saturated carbocycles. The molecule has 2 amide bonds. The van der Waals surface area contributed by atoms with Crippen molar-refractivity contribution in [3.05, 3.63) is 94.6 Å². The SMILES string of the molecule is CC(C)(C)[Si](C)(C)OCCC[C@@H]1Cc2nc3c(nc2CN1C(=O)OCc1ccccc1)C[C@@H](CCCO[Si](C)(C)C(C)(C)C)N(C(=O)OCc1ccccc1)C3. The molecule has 2 atom stereocenters. The van der Waals surface area contributed by atoms with Crippen LogP contribution in [0, 0.1) is 0 Å². The van der Waals surface area contributed by atoms with Crippen molar-refractivity contribution in [1.29, 1.82) is 0 Å². The predicted octanol–water partition coefficient (Wildman–Crippen LogP) is 10.2. The summed E-state index contributed by atoms with van der Waals surface area (Å²) < 4.78 is 24.8. The maximum absolute atomic E-state index is 13.8. The summed E-state index contributed by atoms with van der Waals surface area (Å²) in [7, 11) is -3.81. The number of hydrogen-bond donors (Lipinski definition) is 0. The van der Waals surface area contributed by atoms with Crippen LogP contribution in [0.3, 0.4) is 0 Å². The third-order valence-corrected chi connectivity index (χ3v) is 21.4. The van der Waals surface area contributed by atoms with Crippen LogP contribution in [0.25, 0.3) is 0 Å². The van der Waals surface area contributed by atoms with Gasteiger partial charge in [0.05, 0.1) is 35.9 Å². The molecule has 0 bridgehead atoms. The van der Waals surface area contributed by atoms with Crippen molar-refractivity contribution >= 4 is 28.8 Å². The number of carbonyl (C=O) groups is 2. The van der Waals surface area contributed by atoms with Gasteiger partial charge in [0.25, 0.3) is 0 Å². The van der Waals surface area contributed by atoms with Crippen LogP contribution in [0.1, 0.15) is 101 Å². The normalized spacial score (nSPS) is 17.6. The molecule has 56 heavy (non-hydrogen) atoms. The molecule has 0 saturated heterocycles. The van der Waals surface area contributed by atoms with Crippen LogP contribution in [0.5, 0.6) is 0 Å². The Morgan fingerprint density at radius 2 is 0.964 bits per heavy atom. The Morgan fingerprint density at radius 1 is 0.607 bits per heavy atom. The Hall–Kier alpha value is -3.59. The number of aromatic nitrogens is 2. The number of nitrogens with zero attached hydrogens (tertiary/aromatic N) is 4. The maximum atomic E-state index is 13.8. The smallest absolute Gasteiger partial charge is 0.410 e. The Kier molecular flexibility index (Phi) is 14.3. The summed E-state index contributed by atoms with van der Waals surface area (Å²) in [6.45, 7) is 24.9. The Balaban J connectivity index is 1.35. The summed E-state index contributed by atoms with van der Waals surface area (Å²) in [6.07, 6.45) is 3.56. The molecule has 2 aromatic carbocycles. The van der Waals surface area contributed by atoms with Gasteiger partial charge in [-0.15, -0.1) is 0 Å². The maximum Gasteiger partial charge on any atom is 0.410 e. The highest BCUT2D eigenvalue weighted by Gasteiger charge is 2.40. The summed E-state index contributed by atoms with van der Waals surface area (Å²) in [4.78, 5) is 41.6. The van der Waals surface area contributed by atoms with Gasteiger partial charge >= 0.3 is 12.2 Å². The van der Waals surface area contributed by atoms with E-state index in [-0.39, 0.29) is 47.6 Å². The fraction of sp³-hybridized carbons (Fsp3) is 0.591. The van der Waals surface area contributed by atoms with E-state index in [2.05, 4.69) is 67.7 Å². The van der Waals surface area contributed by atoms with Crippen LogP contribution in [0.4, 0.5) is 9.59 Å². The lowest BCUT2D eigenvalue weighted by atomic mass is 9.95. The van der Waals surface area contributed by atoms with Crippen molar-refractivity contribution in [2.75, 3.05) is 13.2 Å². The number of hydrogen-bond acceptors (Lipinski definition) is 8. The predicted molar refractivity (Wildman–Crippen MR) is 226 cm³/mol. The van der Waals surface area contributed by atoms with Gasteiger partial charge in [-0.1, -0.05) is 102 Å². The van der Waals surface area contributed by atoms with E-state index in [0.717, 1.165) is 59.6 Å². The van der Waals surface area contributed by atoms with Gasteiger partial charge in [0.2, 0.25) is 0 Å². The van der Waals surface area contributed by atoms with Gasteiger partial charge in [0.1, 0.15) is 13.2 Å². The van der Waals surface area contributed by atoms with Gasteiger partial charge in [0, 0.05) is 38.1 Å². The first kappa shape index (κ1) is 43.5. The van der Waals surface area contributed by atoms with Crippen molar-refractivity contribution in [1.82, 2.24) is 19.8 Å². The molecule has 0 fully saturated rings. The first-order valence-electron chi connectivity index (χ1n) is 20.4. The molecule has 0 radical (unpaired) electrons. The van der Waals surface area contributed by atoms with Crippen LogP contribution in [-0.4, -0.2) is 73.9 Å². The molecule has 10 nitrogen and oxygen atoms in total. The average molecular weight is 803 g/mol. The fourth-order valence-electron chi connectivity index (χ4n) is 6.68. The molecule has 1 aromatic heterocycles. The standard InChI is InChI=1S/C44H66N4O6Si2/c1-43(2,3)55(7,8)53-25-17-23-35-27-37-39(29-47(35)41(49)51-31-33-19-13-11-14-20-33)46-38-28-36(24-18-26-54-56(9,10)44(4,5)6)48(30-40(38)45-37)42(50)52-32-34-21-15-12-16-22-34/h11-16,19-22,35-36H,17-18,23-32H2,1-10H3/t35-,36-/m1/s1. The van der Waals surface area contributed by atoms with Crippen molar-refractivity contribution in [3.8, 4) is 0 Å². The van der Waals surface area contributed by atoms with E-state index in [4.69, 9.17) is 28.3 Å². The summed E-state index contributed by atoms with van der Waals surface area (Å²) in [5.41, 5.74) is 5.25. The third-order valence-electron chi connectivity index (χ3n) is 12.4. The van der Waals surface area contributed by atoms with Gasteiger partial charge in [-0.2, -0.15) is 0 Å². The third kappa shape index (κ3) is 11.3. The Morgan fingerprint density at radius 3 is 1.30 bits per heavy atom. The number of rotatable bonds is 14. The molecule has 306 valence electrons. The van der Waals surface area contributed by atoms with Crippen molar-refractivity contribution < 1.29 is 27.9 Å². The molecule has 0 unspecified atom stereocenters. The van der Waals surface area contributed by atoms with E-state index >= 15 is 0 Å². The average Bonchev–Trinajstić information content (AvgIpc) is 3.14. The quantitative estimate of drug-likeness (QED) is 0.117. The molecule has 5 rings (SSSR count). The lowest BCUT2D eigenvalue weighted by Crippen LogP contribution is -2.48. The van der Waals surface area contributed by atoms with Crippen LogP contribution in [0.15, 0.2) is 60.7 Å². The molecule has 2 aliphatic heterocycles. The molecule has 0 spiro atoms. The van der Waals surface area contributed by atoms with Crippen LogP contribution in [0.2, 0.25) is 36.3 Å². The lowest BCUT2D eigenvalue weighted by Gasteiger charge is -2.39. The second-order valence-electron chi connectivity index (χ2n) is 18.6. The first-order valence-corrected chi connectivity index (χ1v) is 26.3. The van der Waals surface area contributed by atoms with Gasteiger partial charge < -0.3 is 18.3 Å². The number of amides is 2. The number of benzene rings is 2. The van der Waals surface area contributed by atoms with Crippen molar-refractivity contribution in [3.63, 3.8) is 0 Å². The molecule has 3 aromatic rings. The van der Waals surface area contributed by atoms with E-state index in [1.807, 2.05) is 70.5 Å². The van der Waals surface area contributed by atoms with E-state index in [0.29, 0.717) is 39.1 Å². The van der Waals surface area contributed by atoms with E-state index in [9.17, 15) is 9.59 Å². The molecule has 12 heteroatoms. The molecule has 2 aliphatic rings. The minimum atomic E-state index is -1.90. The summed E-state index contributed by atoms with van der Waals surface area (Å²) in [5, 5.41) is 0.246. The molecule has 0 aliphatic carbocycles. The summed E-state index contributed by atoms with van der Waals surface area (Å²) in [6, 6.07) is 19.3. The van der Waals surface area contributed by atoms with Crippen molar-refractivity contribution in [2.45, 2.75) is 155 Å². The largest absolute Gasteiger partial charge is 0.445 e. The monoisotopic (exact) mass is 802 g/mol. The highest BCUT2D eigenvalue weighted by molar-refractivity contribution is 6.74. The highest BCUT2D eigenvalue weighted by atomic mass is 28.4. The van der Waals surface area contributed by atoms with E-state index in [1.165, 1.54) is 0 Å². The molecule has 3 heterocycles. The zero-order valence-corrected chi connectivity index (χ0v) is 37.7. The van der Waals surface area contributed by atoms with Gasteiger partial charge in [-0.3, -0.25) is 19.8 Å². The van der Waals surface area contributed by atoms with Gasteiger partial charge in [0.15, 0.2) is 16.6 Å². The second kappa shape index (κ2) is 18.3. The molecular formula is C44H66N4O6Si2. The molecular weight excluding hydrogens is 737 g/mol. The van der Waals surface area contributed by atoms with Crippen molar-refractivity contribution in [2.24, 2.45) is 0 Å². The number of ether oxygens (including phenoxy) is 2. The second-order valence-corrected chi connectivity index (χ2v) is 28.2. The van der Waals surface area contributed by atoms with E-state index < -0.39 is 16.6 Å². The Labute approximate surface area is 337 Å². The van der Waals surface area contributed by atoms with Gasteiger partial charge in [-0.05, 0) is 73.1 Å². The fourth-order valence-corrected chi connectivity index (χ4v) is 8.86. The topological polar surface area (TPSA) is 103 Å². The minimum absolute atomic E-state index is 0.120. The summed E-state index contributed by atoms with van der Waals surface area (Å²) in [5.74, 6) is 0. The highest BCUT2D eigenvalue weighted by Crippen LogP contribution is 2.38. The van der Waals surface area contributed by atoms with Crippen LogP contribution < -0.4 is 0 Å². The summed E-state index contributed by atoms with van der Waals surface area (Å²) >= 11 is 0. The number of carbonyl (C=O) groups excluding carboxylic acids is 2. The zero-order valence-electron chi connectivity index (χ0n) is 35.7. The first-order chi connectivity index (χ1) is 26.3. The lowest BCUT2D eigenvalue weighted by molar-refractivity contribution is 0.0645. The number of fused-ring (bicyclic) bond motifs is 2. The van der Waals surface area contributed by atoms with E-state index in [1.54, 1.807) is 0 Å². The zero-order chi connectivity index (χ0) is 40.7. The Bertz CT molecular complexity index is 1630. The van der Waals surface area contributed by atoms with Crippen LogP contribution >= 0.6 is 0 Å². The van der Waals surface area contributed by atoms with Crippen LogP contribution in [-0.2, 0) is 57.5 Å². The minimum Gasteiger partial charge on any atom is -0.445 e. The molecule has 0 N–H and O–H groups in total. The van der Waals surface area contributed by atoms with Gasteiger partial charge in [-0.25, -0.2) is 9.59 Å².